The number of carbonyl (C=O) groups excluding carboxylic acids is 1. The lowest BCUT2D eigenvalue weighted by atomic mass is 10.2. The van der Waals surface area contributed by atoms with Crippen LogP contribution >= 0.6 is 0 Å². The van der Waals surface area contributed by atoms with Crippen LogP contribution in [0.2, 0.25) is 0 Å². The van der Waals surface area contributed by atoms with Crippen molar-refractivity contribution in [3.05, 3.63) is 81.3 Å². The first kappa shape index (κ1) is 19.7. The van der Waals surface area contributed by atoms with Gasteiger partial charge in [0.1, 0.15) is 12.0 Å². The standard InChI is InChI=1S/C20H19N5O4/c1-13-9-16(11-22-23-19-8-7-18(12-21-19)25(27)28)14(2)24(13)17-6-4-5-15(10-17)20(26)29-3/h4-12H,1-3H3,(H,21,23). The number of nitrogens with zero attached hydrogens (tertiary/aromatic N) is 4. The number of carbonyl (C=O) groups is 1. The van der Waals surface area contributed by atoms with Gasteiger partial charge in [0, 0.05) is 28.7 Å². The Balaban J connectivity index is 1.81. The van der Waals surface area contributed by atoms with E-state index in [4.69, 9.17) is 4.74 Å². The molecule has 9 heteroatoms. The molecule has 0 spiro atoms. The molecule has 0 aliphatic carbocycles. The number of aryl methyl sites for hydroxylation is 1. The Hall–Kier alpha value is -4.01. The van der Waals surface area contributed by atoms with Gasteiger partial charge in [-0.1, -0.05) is 6.07 Å². The number of nitrogens with one attached hydrogen (secondary N) is 1. The number of anilines is 1. The maximum absolute atomic E-state index is 11.8. The average molecular weight is 393 g/mol. The third kappa shape index (κ3) is 4.29. The van der Waals surface area contributed by atoms with Crippen molar-refractivity contribution in [3.63, 3.8) is 0 Å². The molecule has 2 aromatic heterocycles. The van der Waals surface area contributed by atoms with E-state index in [2.05, 4.69) is 15.5 Å². The average Bonchev–Trinajstić information content (AvgIpc) is 3.01. The summed E-state index contributed by atoms with van der Waals surface area (Å²) in [5.41, 5.74) is 6.76. The summed E-state index contributed by atoms with van der Waals surface area (Å²) in [7, 11) is 1.35. The van der Waals surface area contributed by atoms with Crippen molar-refractivity contribution in [2.24, 2.45) is 5.10 Å². The number of aromatic nitrogens is 2. The Bertz CT molecular complexity index is 1090. The lowest BCUT2D eigenvalue weighted by molar-refractivity contribution is -0.385. The molecule has 148 valence electrons. The van der Waals surface area contributed by atoms with Gasteiger partial charge in [0.05, 0.1) is 23.8 Å². The van der Waals surface area contributed by atoms with Gasteiger partial charge in [-0.3, -0.25) is 15.5 Å². The van der Waals surface area contributed by atoms with Gasteiger partial charge in [-0.25, -0.2) is 9.78 Å². The van der Waals surface area contributed by atoms with E-state index in [1.165, 1.54) is 19.2 Å². The number of esters is 1. The highest BCUT2D eigenvalue weighted by Crippen LogP contribution is 2.21. The quantitative estimate of drug-likeness (QED) is 0.296. The molecule has 0 aliphatic rings. The number of benzene rings is 1. The number of ether oxygens (including phenoxy) is 1. The molecule has 1 aromatic carbocycles. The molecular weight excluding hydrogens is 374 g/mol. The Morgan fingerprint density at radius 2 is 2.07 bits per heavy atom. The first-order valence-corrected chi connectivity index (χ1v) is 8.68. The molecule has 3 rings (SSSR count). The molecule has 0 saturated heterocycles. The summed E-state index contributed by atoms with van der Waals surface area (Å²) in [4.78, 5) is 25.9. The molecule has 9 nitrogen and oxygen atoms in total. The predicted molar refractivity (Wildman–Crippen MR) is 109 cm³/mol. The molecule has 0 atom stereocenters. The van der Waals surface area contributed by atoms with Gasteiger partial charge < -0.3 is 9.30 Å². The molecule has 1 N–H and O–H groups in total. The number of hydrazone groups is 1. The minimum atomic E-state index is -0.510. The van der Waals surface area contributed by atoms with Gasteiger partial charge in [0.2, 0.25) is 0 Å². The van der Waals surface area contributed by atoms with Crippen LogP contribution in [0.25, 0.3) is 5.69 Å². The van der Waals surface area contributed by atoms with Gasteiger partial charge in [-0.15, -0.1) is 0 Å². The van der Waals surface area contributed by atoms with Gasteiger partial charge >= 0.3 is 5.97 Å². The summed E-state index contributed by atoms with van der Waals surface area (Å²) in [6, 6.07) is 12.0. The van der Waals surface area contributed by atoms with Crippen LogP contribution in [-0.4, -0.2) is 33.8 Å². The van der Waals surface area contributed by atoms with E-state index in [1.54, 1.807) is 24.4 Å². The molecule has 0 radical (unpaired) electrons. The fourth-order valence-corrected chi connectivity index (χ4v) is 2.93. The summed E-state index contributed by atoms with van der Waals surface area (Å²) in [6.45, 7) is 3.91. The van der Waals surface area contributed by atoms with E-state index in [0.717, 1.165) is 28.8 Å². The number of pyridine rings is 1. The zero-order chi connectivity index (χ0) is 21.0. The smallest absolute Gasteiger partial charge is 0.337 e. The number of methoxy groups -OCH3 is 1. The van der Waals surface area contributed by atoms with E-state index in [0.29, 0.717) is 11.4 Å². The molecule has 3 aromatic rings. The Morgan fingerprint density at radius 3 is 2.72 bits per heavy atom. The van der Waals surface area contributed by atoms with Crippen molar-refractivity contribution in [2.75, 3.05) is 12.5 Å². The minimum Gasteiger partial charge on any atom is -0.465 e. The molecule has 29 heavy (non-hydrogen) atoms. The molecule has 0 saturated carbocycles. The van der Waals surface area contributed by atoms with Gasteiger partial charge in [0.15, 0.2) is 0 Å². The third-order valence-corrected chi connectivity index (χ3v) is 4.34. The van der Waals surface area contributed by atoms with Crippen LogP contribution in [0.4, 0.5) is 11.5 Å². The van der Waals surface area contributed by atoms with Crippen molar-refractivity contribution in [1.82, 2.24) is 9.55 Å². The van der Waals surface area contributed by atoms with E-state index in [1.807, 2.05) is 30.5 Å². The molecule has 0 unspecified atom stereocenters. The van der Waals surface area contributed by atoms with Crippen molar-refractivity contribution in [3.8, 4) is 5.69 Å². The monoisotopic (exact) mass is 393 g/mol. The van der Waals surface area contributed by atoms with E-state index in [9.17, 15) is 14.9 Å². The minimum absolute atomic E-state index is 0.0859. The summed E-state index contributed by atoms with van der Waals surface area (Å²) in [5.74, 6) is 0.00216. The second-order valence-corrected chi connectivity index (χ2v) is 6.23. The lowest BCUT2D eigenvalue weighted by Crippen LogP contribution is -2.05. The number of hydrogen-bond donors (Lipinski definition) is 1. The maximum Gasteiger partial charge on any atom is 0.337 e. The lowest BCUT2D eigenvalue weighted by Gasteiger charge is -2.10. The number of nitro groups is 1. The van der Waals surface area contributed by atoms with Crippen LogP contribution in [0.15, 0.2) is 53.8 Å². The first-order chi connectivity index (χ1) is 13.9. The fourth-order valence-electron chi connectivity index (χ4n) is 2.93. The molecule has 2 heterocycles. The summed E-state index contributed by atoms with van der Waals surface area (Å²) >= 11 is 0. The van der Waals surface area contributed by atoms with Crippen LogP contribution in [0, 0.1) is 24.0 Å². The second-order valence-electron chi connectivity index (χ2n) is 6.23. The zero-order valence-electron chi connectivity index (χ0n) is 16.1. The zero-order valence-corrected chi connectivity index (χ0v) is 16.1. The highest BCUT2D eigenvalue weighted by Gasteiger charge is 2.12. The van der Waals surface area contributed by atoms with Crippen molar-refractivity contribution in [1.29, 1.82) is 0 Å². The van der Waals surface area contributed by atoms with E-state index in [-0.39, 0.29) is 5.69 Å². The summed E-state index contributed by atoms with van der Waals surface area (Å²) in [5, 5.41) is 14.8. The van der Waals surface area contributed by atoms with Gasteiger partial charge in [-0.05, 0) is 44.2 Å². The Morgan fingerprint density at radius 1 is 1.28 bits per heavy atom. The predicted octanol–water partition coefficient (Wildman–Crippen LogP) is 3.63. The Labute approximate surface area is 166 Å². The van der Waals surface area contributed by atoms with Crippen LogP contribution in [0.3, 0.4) is 0 Å². The fraction of sp³-hybridized carbons (Fsp3) is 0.150. The van der Waals surface area contributed by atoms with Crippen LogP contribution in [0.1, 0.15) is 27.3 Å². The largest absolute Gasteiger partial charge is 0.465 e. The summed E-state index contributed by atoms with van der Waals surface area (Å²) < 4.78 is 6.80. The van der Waals surface area contributed by atoms with Crippen molar-refractivity contribution >= 4 is 23.7 Å². The highest BCUT2D eigenvalue weighted by molar-refractivity contribution is 5.90. The summed E-state index contributed by atoms with van der Waals surface area (Å²) in [6.07, 6.45) is 2.81. The molecule has 0 fully saturated rings. The highest BCUT2D eigenvalue weighted by atomic mass is 16.6. The van der Waals surface area contributed by atoms with Crippen molar-refractivity contribution < 1.29 is 14.5 Å². The molecule has 0 amide bonds. The topological polar surface area (TPSA) is 112 Å². The van der Waals surface area contributed by atoms with E-state index >= 15 is 0 Å². The van der Waals surface area contributed by atoms with Crippen LogP contribution in [0.5, 0.6) is 0 Å². The Kier molecular flexibility index (Phi) is 5.68. The SMILES string of the molecule is COC(=O)c1cccc(-n2c(C)cc(C=NNc3ccc([N+](=O)[O-])cn3)c2C)c1. The molecule has 0 bridgehead atoms. The number of hydrogen-bond acceptors (Lipinski definition) is 7. The third-order valence-electron chi connectivity index (χ3n) is 4.34. The molecule has 0 aliphatic heterocycles. The van der Waals surface area contributed by atoms with Crippen molar-refractivity contribution in [2.45, 2.75) is 13.8 Å². The van der Waals surface area contributed by atoms with Gasteiger partial charge in [-0.2, -0.15) is 5.10 Å². The first-order valence-electron chi connectivity index (χ1n) is 8.68. The molecular formula is C20H19N5O4. The van der Waals surface area contributed by atoms with Crippen LogP contribution < -0.4 is 5.43 Å². The van der Waals surface area contributed by atoms with Crippen LogP contribution in [-0.2, 0) is 4.74 Å². The van der Waals surface area contributed by atoms with Gasteiger partial charge in [0.25, 0.3) is 5.69 Å². The number of rotatable bonds is 6. The van der Waals surface area contributed by atoms with E-state index < -0.39 is 10.9 Å². The second kappa shape index (κ2) is 8.34. The normalized spacial score (nSPS) is 10.9. The maximum atomic E-state index is 11.8.